The number of thiazole rings is 1. The average molecular weight is 433 g/mol. The van der Waals surface area contributed by atoms with Gasteiger partial charge in [0.1, 0.15) is 0 Å². The molecule has 1 aromatic heterocycles. The molecule has 4 rings (SSSR count). The third kappa shape index (κ3) is 4.69. The summed E-state index contributed by atoms with van der Waals surface area (Å²) < 4.78 is 0. The van der Waals surface area contributed by atoms with Crippen molar-refractivity contribution < 1.29 is 4.79 Å². The molecule has 0 saturated heterocycles. The van der Waals surface area contributed by atoms with E-state index in [1.807, 2.05) is 48.2 Å². The lowest BCUT2D eigenvalue weighted by molar-refractivity contribution is -0.116. The molecule has 0 aliphatic carbocycles. The second-order valence-corrected chi connectivity index (χ2v) is 9.74. The molecule has 0 bridgehead atoms. The SMILES string of the molecule is O=C(CCCSc1ccc(Cl)cc1)Nc1nc2c(s1)CSc1ccccc1-2. The maximum absolute atomic E-state index is 12.3. The maximum Gasteiger partial charge on any atom is 0.226 e. The zero-order chi connectivity index (χ0) is 18.6. The summed E-state index contributed by atoms with van der Waals surface area (Å²) in [5.41, 5.74) is 2.18. The number of halogens is 1. The second kappa shape index (κ2) is 8.69. The maximum atomic E-state index is 12.3. The van der Waals surface area contributed by atoms with Gasteiger partial charge >= 0.3 is 0 Å². The highest BCUT2D eigenvalue weighted by molar-refractivity contribution is 7.99. The molecule has 2 aromatic carbocycles. The molecular formula is C20H17ClN2OS3. The van der Waals surface area contributed by atoms with Crippen LogP contribution in [0.4, 0.5) is 5.13 Å². The summed E-state index contributed by atoms with van der Waals surface area (Å²) in [5.74, 6) is 1.84. The van der Waals surface area contributed by atoms with E-state index >= 15 is 0 Å². The van der Waals surface area contributed by atoms with Crippen LogP contribution in [-0.4, -0.2) is 16.6 Å². The van der Waals surface area contributed by atoms with Gasteiger partial charge in [-0.3, -0.25) is 4.79 Å². The Bertz CT molecular complexity index is 956. The molecule has 0 spiro atoms. The monoisotopic (exact) mass is 432 g/mol. The van der Waals surface area contributed by atoms with Crippen LogP contribution >= 0.6 is 46.5 Å². The van der Waals surface area contributed by atoms with E-state index in [2.05, 4.69) is 22.4 Å². The zero-order valence-corrected chi connectivity index (χ0v) is 17.6. The summed E-state index contributed by atoms with van der Waals surface area (Å²) in [6.07, 6.45) is 1.32. The molecule has 138 valence electrons. The summed E-state index contributed by atoms with van der Waals surface area (Å²) in [4.78, 5) is 20.6. The van der Waals surface area contributed by atoms with Crippen molar-refractivity contribution in [3.05, 3.63) is 58.4 Å². The number of hydrogen-bond acceptors (Lipinski definition) is 5. The molecule has 7 heteroatoms. The van der Waals surface area contributed by atoms with Crippen molar-refractivity contribution in [2.45, 2.75) is 28.4 Å². The van der Waals surface area contributed by atoms with Crippen LogP contribution in [-0.2, 0) is 10.5 Å². The van der Waals surface area contributed by atoms with Crippen molar-refractivity contribution in [2.75, 3.05) is 11.1 Å². The molecule has 3 nitrogen and oxygen atoms in total. The molecule has 1 amide bonds. The van der Waals surface area contributed by atoms with Crippen molar-refractivity contribution in [3.8, 4) is 11.3 Å². The van der Waals surface area contributed by atoms with E-state index in [4.69, 9.17) is 11.6 Å². The summed E-state index contributed by atoms with van der Waals surface area (Å²) in [7, 11) is 0. The van der Waals surface area contributed by atoms with Crippen LogP contribution < -0.4 is 5.32 Å². The van der Waals surface area contributed by atoms with Crippen molar-refractivity contribution >= 4 is 57.5 Å². The molecule has 0 atom stereocenters. The van der Waals surface area contributed by atoms with Crippen molar-refractivity contribution in [3.63, 3.8) is 0 Å². The number of anilines is 1. The minimum absolute atomic E-state index is 0.0266. The Labute approximate surface area is 175 Å². The van der Waals surface area contributed by atoms with Gasteiger partial charge in [0.15, 0.2) is 5.13 Å². The van der Waals surface area contributed by atoms with Crippen LogP contribution in [0.3, 0.4) is 0 Å². The standard InChI is InChI=1S/C20H17ClN2OS3/c21-13-7-9-14(10-8-13)25-11-3-6-18(24)22-20-23-19-15-4-1-2-5-16(15)26-12-17(19)27-20/h1-2,4-5,7-10H,3,6,11-12H2,(H,22,23,24). The molecule has 27 heavy (non-hydrogen) atoms. The zero-order valence-electron chi connectivity index (χ0n) is 14.4. The molecule has 0 saturated carbocycles. The number of carbonyl (C=O) groups is 1. The third-order valence-corrected chi connectivity index (χ3v) is 7.68. The smallest absolute Gasteiger partial charge is 0.226 e. The Kier molecular flexibility index (Phi) is 6.08. The van der Waals surface area contributed by atoms with Gasteiger partial charge in [-0.05, 0) is 42.5 Å². The highest BCUT2D eigenvalue weighted by Gasteiger charge is 2.21. The fourth-order valence-electron chi connectivity index (χ4n) is 2.78. The summed E-state index contributed by atoms with van der Waals surface area (Å²) in [6.45, 7) is 0. The molecule has 1 aliphatic heterocycles. The number of thioether (sulfide) groups is 2. The van der Waals surface area contributed by atoms with Crippen LogP contribution in [0, 0.1) is 0 Å². The minimum Gasteiger partial charge on any atom is -0.302 e. The van der Waals surface area contributed by atoms with Gasteiger partial charge in [0.25, 0.3) is 0 Å². The van der Waals surface area contributed by atoms with E-state index in [0.717, 1.165) is 28.6 Å². The number of rotatable bonds is 6. The average Bonchev–Trinajstić information content (AvgIpc) is 3.09. The van der Waals surface area contributed by atoms with E-state index < -0.39 is 0 Å². The summed E-state index contributed by atoms with van der Waals surface area (Å²) in [5, 5.41) is 4.41. The Balaban J connectivity index is 1.29. The number of nitrogens with zero attached hydrogens (tertiary/aromatic N) is 1. The number of benzene rings is 2. The van der Waals surface area contributed by atoms with E-state index in [9.17, 15) is 4.79 Å². The number of carbonyl (C=O) groups excluding carboxylic acids is 1. The third-order valence-electron chi connectivity index (χ3n) is 4.08. The molecule has 2 heterocycles. The minimum atomic E-state index is 0.0266. The number of nitrogens with one attached hydrogen (secondary N) is 1. The van der Waals surface area contributed by atoms with Gasteiger partial charge in [0.05, 0.1) is 5.69 Å². The first-order valence-corrected chi connectivity index (χ1v) is 11.8. The molecule has 3 aromatic rings. The Morgan fingerprint density at radius 3 is 2.85 bits per heavy atom. The van der Waals surface area contributed by atoms with Crippen molar-refractivity contribution in [1.82, 2.24) is 4.98 Å². The van der Waals surface area contributed by atoms with Crippen molar-refractivity contribution in [1.29, 1.82) is 0 Å². The topological polar surface area (TPSA) is 42.0 Å². The lowest BCUT2D eigenvalue weighted by atomic mass is 10.1. The predicted octanol–water partition coefficient (Wildman–Crippen LogP) is 6.58. The van der Waals surface area contributed by atoms with E-state index in [1.165, 1.54) is 20.2 Å². The predicted molar refractivity (Wildman–Crippen MR) is 117 cm³/mol. The highest BCUT2D eigenvalue weighted by Crippen LogP contribution is 2.44. The van der Waals surface area contributed by atoms with Gasteiger partial charge in [0, 0.05) is 37.4 Å². The van der Waals surface area contributed by atoms with E-state index in [0.29, 0.717) is 11.6 Å². The Morgan fingerprint density at radius 1 is 1.19 bits per heavy atom. The van der Waals surface area contributed by atoms with Gasteiger partial charge in [0.2, 0.25) is 5.91 Å². The molecule has 0 radical (unpaired) electrons. The first kappa shape index (κ1) is 18.9. The van der Waals surface area contributed by atoms with E-state index in [1.54, 1.807) is 23.1 Å². The molecular weight excluding hydrogens is 416 g/mol. The molecule has 1 N–H and O–H groups in total. The first-order chi connectivity index (χ1) is 13.2. The van der Waals surface area contributed by atoms with Crippen LogP contribution in [0.2, 0.25) is 5.02 Å². The van der Waals surface area contributed by atoms with Gasteiger partial charge < -0.3 is 5.32 Å². The van der Waals surface area contributed by atoms with Crippen LogP contribution in [0.25, 0.3) is 11.3 Å². The Morgan fingerprint density at radius 2 is 2.00 bits per heavy atom. The largest absolute Gasteiger partial charge is 0.302 e. The number of hydrogen-bond donors (Lipinski definition) is 1. The fraction of sp³-hybridized carbons (Fsp3) is 0.200. The summed E-state index contributed by atoms with van der Waals surface area (Å²) in [6, 6.07) is 16.1. The lowest BCUT2D eigenvalue weighted by Crippen LogP contribution is -2.11. The summed E-state index contributed by atoms with van der Waals surface area (Å²) >= 11 is 11.0. The first-order valence-electron chi connectivity index (χ1n) is 8.59. The fourth-order valence-corrected chi connectivity index (χ4v) is 5.88. The highest BCUT2D eigenvalue weighted by atomic mass is 35.5. The Hall–Kier alpha value is -1.47. The lowest BCUT2D eigenvalue weighted by Gasteiger charge is -2.13. The number of amides is 1. The molecule has 0 fully saturated rings. The van der Waals surface area contributed by atoms with Crippen LogP contribution in [0.1, 0.15) is 17.7 Å². The van der Waals surface area contributed by atoms with Gasteiger partial charge in [-0.15, -0.1) is 34.9 Å². The number of aromatic nitrogens is 1. The van der Waals surface area contributed by atoms with Crippen molar-refractivity contribution in [2.24, 2.45) is 0 Å². The normalized spacial score (nSPS) is 12.3. The molecule has 0 unspecified atom stereocenters. The van der Waals surface area contributed by atoms with Gasteiger partial charge in [-0.2, -0.15) is 0 Å². The molecule has 1 aliphatic rings. The second-order valence-electron chi connectivity index (χ2n) is 6.03. The van der Waals surface area contributed by atoms with Crippen LogP contribution in [0.15, 0.2) is 58.3 Å². The number of fused-ring (bicyclic) bond motifs is 3. The van der Waals surface area contributed by atoms with Gasteiger partial charge in [-0.1, -0.05) is 29.8 Å². The van der Waals surface area contributed by atoms with Crippen LogP contribution in [0.5, 0.6) is 0 Å². The quantitative estimate of drug-likeness (QED) is 0.352. The van der Waals surface area contributed by atoms with Gasteiger partial charge in [-0.25, -0.2) is 4.98 Å². The van der Waals surface area contributed by atoms with E-state index in [-0.39, 0.29) is 5.91 Å².